The van der Waals surface area contributed by atoms with E-state index in [-0.39, 0.29) is 37.1 Å². The van der Waals surface area contributed by atoms with Crippen molar-refractivity contribution in [2.24, 2.45) is 0 Å². The molecular weight excluding hydrogens is 420 g/mol. The summed E-state index contributed by atoms with van der Waals surface area (Å²) in [5.41, 5.74) is 2.27. The molecular formula is C26H30N2O5. The number of methoxy groups -OCH3 is 1. The van der Waals surface area contributed by atoms with Crippen LogP contribution in [-0.2, 0) is 9.47 Å². The number of nitrogens with zero attached hydrogens (tertiary/aromatic N) is 1. The van der Waals surface area contributed by atoms with Crippen LogP contribution in [0.5, 0.6) is 0 Å². The number of aromatic nitrogens is 1. The molecule has 1 heterocycles. The lowest BCUT2D eigenvalue weighted by Gasteiger charge is -2.29. The van der Waals surface area contributed by atoms with Crippen molar-refractivity contribution in [2.75, 3.05) is 26.9 Å². The molecule has 0 saturated heterocycles. The summed E-state index contributed by atoms with van der Waals surface area (Å²) in [7, 11) is 1.55. The summed E-state index contributed by atoms with van der Waals surface area (Å²) in [6.07, 6.45) is 0. The Kier molecular flexibility index (Phi) is 7.66. The summed E-state index contributed by atoms with van der Waals surface area (Å²) in [6, 6.07) is 12.4. The zero-order valence-electron chi connectivity index (χ0n) is 19.7. The van der Waals surface area contributed by atoms with Crippen molar-refractivity contribution in [3.63, 3.8) is 0 Å². The highest BCUT2D eigenvalue weighted by atomic mass is 16.5. The van der Waals surface area contributed by atoms with E-state index in [0.29, 0.717) is 22.4 Å². The molecule has 0 saturated carbocycles. The van der Waals surface area contributed by atoms with E-state index in [4.69, 9.17) is 9.47 Å². The van der Waals surface area contributed by atoms with Crippen LogP contribution in [0.2, 0.25) is 0 Å². The van der Waals surface area contributed by atoms with Gasteiger partial charge in [0.25, 0.3) is 5.91 Å². The summed E-state index contributed by atoms with van der Waals surface area (Å²) in [5, 5.41) is 1.77. The molecule has 1 aromatic heterocycles. The summed E-state index contributed by atoms with van der Waals surface area (Å²) >= 11 is 0. The first-order valence-electron chi connectivity index (χ1n) is 11.0. The van der Waals surface area contributed by atoms with Gasteiger partial charge in [-0.2, -0.15) is 0 Å². The highest BCUT2D eigenvalue weighted by Gasteiger charge is 2.32. The maximum absolute atomic E-state index is 13.6. The van der Waals surface area contributed by atoms with Crippen LogP contribution in [0.25, 0.3) is 10.8 Å². The number of benzene rings is 2. The number of carbonyl (C=O) groups excluding carboxylic acids is 3. The molecule has 174 valence electrons. The number of rotatable bonds is 9. The molecule has 0 spiro atoms. The van der Waals surface area contributed by atoms with E-state index in [9.17, 15) is 14.4 Å². The maximum atomic E-state index is 13.6. The monoisotopic (exact) mass is 450 g/mol. The lowest BCUT2D eigenvalue weighted by atomic mass is 9.98. The second-order valence-corrected chi connectivity index (χ2v) is 7.90. The van der Waals surface area contributed by atoms with Gasteiger partial charge in [-0.1, -0.05) is 36.4 Å². The fourth-order valence-electron chi connectivity index (χ4n) is 4.10. The van der Waals surface area contributed by atoms with E-state index in [0.717, 1.165) is 10.8 Å². The molecule has 0 aliphatic rings. The summed E-state index contributed by atoms with van der Waals surface area (Å²) in [6.45, 7) is 7.65. The number of hydrogen-bond donors (Lipinski definition) is 1. The van der Waals surface area contributed by atoms with Crippen molar-refractivity contribution in [1.29, 1.82) is 0 Å². The Morgan fingerprint density at radius 3 is 2.45 bits per heavy atom. The molecule has 1 atom stereocenters. The minimum Gasteiger partial charge on any atom is -0.461 e. The zero-order chi connectivity index (χ0) is 24.1. The number of hydrogen-bond acceptors (Lipinski definition) is 5. The average molecular weight is 451 g/mol. The minimum absolute atomic E-state index is 0.236. The number of fused-ring (bicyclic) bond motifs is 1. The highest BCUT2D eigenvalue weighted by molar-refractivity contribution is 6.11. The van der Waals surface area contributed by atoms with Gasteiger partial charge in [-0.25, -0.2) is 4.79 Å². The van der Waals surface area contributed by atoms with Gasteiger partial charge >= 0.3 is 5.97 Å². The van der Waals surface area contributed by atoms with Gasteiger partial charge in [0.15, 0.2) is 5.78 Å². The molecule has 0 fully saturated rings. The Hall–Kier alpha value is -3.45. The highest BCUT2D eigenvalue weighted by Crippen LogP contribution is 2.25. The van der Waals surface area contributed by atoms with Gasteiger partial charge in [-0.3, -0.25) is 9.59 Å². The Morgan fingerprint density at radius 1 is 1.06 bits per heavy atom. The van der Waals surface area contributed by atoms with Gasteiger partial charge in [0.1, 0.15) is 5.69 Å². The van der Waals surface area contributed by atoms with Crippen LogP contribution in [0.15, 0.2) is 42.5 Å². The smallest absolute Gasteiger partial charge is 0.355 e. The third kappa shape index (κ3) is 4.83. The third-order valence-corrected chi connectivity index (χ3v) is 5.83. The summed E-state index contributed by atoms with van der Waals surface area (Å²) < 4.78 is 10.3. The molecule has 1 N–H and O–H groups in total. The molecule has 0 aliphatic heterocycles. The Bertz CT molecular complexity index is 1180. The van der Waals surface area contributed by atoms with E-state index < -0.39 is 12.0 Å². The average Bonchev–Trinajstić information content (AvgIpc) is 3.12. The van der Waals surface area contributed by atoms with E-state index in [1.165, 1.54) is 4.90 Å². The minimum atomic E-state index is -0.769. The Balaban J connectivity index is 1.99. The number of Topliss-reactive ketones (excluding diaryl/α,β-unsaturated/α-hetero) is 1. The van der Waals surface area contributed by atoms with Gasteiger partial charge < -0.3 is 19.4 Å². The second-order valence-electron chi connectivity index (χ2n) is 7.90. The van der Waals surface area contributed by atoms with E-state index in [1.807, 2.05) is 36.4 Å². The number of ketones is 1. The summed E-state index contributed by atoms with van der Waals surface area (Å²) in [5.74, 6) is -1.00. The van der Waals surface area contributed by atoms with Gasteiger partial charge in [-0.15, -0.1) is 0 Å². The normalized spacial score (nSPS) is 11.9. The molecule has 0 aliphatic carbocycles. The first kappa shape index (κ1) is 24.2. The van der Waals surface area contributed by atoms with Gasteiger partial charge in [0.05, 0.1) is 19.3 Å². The number of esters is 1. The molecule has 0 radical (unpaired) electrons. The predicted molar refractivity (Wildman–Crippen MR) is 127 cm³/mol. The molecule has 0 unspecified atom stereocenters. The number of ether oxygens (including phenoxy) is 2. The number of amides is 1. The fourth-order valence-corrected chi connectivity index (χ4v) is 4.10. The van der Waals surface area contributed by atoms with Crippen LogP contribution in [0, 0.1) is 13.8 Å². The number of carbonyl (C=O) groups is 3. The van der Waals surface area contributed by atoms with Gasteiger partial charge in [0.2, 0.25) is 0 Å². The first-order valence-corrected chi connectivity index (χ1v) is 11.0. The van der Waals surface area contributed by atoms with Crippen LogP contribution >= 0.6 is 0 Å². The van der Waals surface area contributed by atoms with Crippen LogP contribution in [0.4, 0.5) is 0 Å². The third-order valence-electron chi connectivity index (χ3n) is 5.83. The van der Waals surface area contributed by atoms with Crippen LogP contribution in [0.3, 0.4) is 0 Å². The Morgan fingerprint density at radius 2 is 1.76 bits per heavy atom. The second kappa shape index (κ2) is 10.4. The first-order chi connectivity index (χ1) is 15.8. The molecule has 3 rings (SSSR count). The van der Waals surface area contributed by atoms with Crippen molar-refractivity contribution in [1.82, 2.24) is 9.88 Å². The van der Waals surface area contributed by atoms with E-state index in [2.05, 4.69) is 4.98 Å². The molecule has 1 amide bonds. The topological polar surface area (TPSA) is 88.7 Å². The zero-order valence-corrected chi connectivity index (χ0v) is 19.7. The molecule has 33 heavy (non-hydrogen) atoms. The Labute approximate surface area is 193 Å². The number of aryl methyl sites for hydroxylation is 1. The SMILES string of the molecule is CCOC(=O)c1[nH]c(C)c(C(=O)[C@@H](C)N(CCOC)C(=O)c2cccc3ccccc23)c1C. The number of aromatic amines is 1. The van der Waals surface area contributed by atoms with Crippen molar-refractivity contribution in [3.8, 4) is 0 Å². The van der Waals surface area contributed by atoms with Crippen LogP contribution in [-0.4, -0.2) is 60.5 Å². The van der Waals surface area contributed by atoms with Crippen LogP contribution < -0.4 is 0 Å². The molecule has 3 aromatic rings. The van der Waals surface area contributed by atoms with Crippen molar-refractivity contribution in [2.45, 2.75) is 33.7 Å². The number of H-pyrrole nitrogens is 1. The lowest BCUT2D eigenvalue weighted by Crippen LogP contribution is -2.45. The van der Waals surface area contributed by atoms with Gasteiger partial charge in [0, 0.05) is 30.5 Å². The van der Waals surface area contributed by atoms with Crippen LogP contribution in [0.1, 0.15) is 56.3 Å². The number of nitrogens with one attached hydrogen (secondary N) is 1. The standard InChI is InChI=1S/C26H30N2O5/c1-6-33-26(31)23-16(2)22(17(3)27-23)24(29)18(4)28(14-15-32-5)25(30)21-13-9-11-19-10-7-8-12-20(19)21/h7-13,18,27H,6,14-15H2,1-5H3/t18-/m1/s1. The lowest BCUT2D eigenvalue weighted by molar-refractivity contribution is 0.0518. The van der Waals surface area contributed by atoms with Crippen molar-refractivity contribution < 1.29 is 23.9 Å². The maximum Gasteiger partial charge on any atom is 0.355 e. The molecule has 0 bridgehead atoms. The van der Waals surface area contributed by atoms with Gasteiger partial charge in [-0.05, 0) is 50.1 Å². The van der Waals surface area contributed by atoms with E-state index >= 15 is 0 Å². The van der Waals surface area contributed by atoms with E-state index in [1.54, 1.807) is 40.9 Å². The molecule has 7 nitrogen and oxygen atoms in total. The molecule has 2 aromatic carbocycles. The summed E-state index contributed by atoms with van der Waals surface area (Å²) in [4.78, 5) is 44.0. The van der Waals surface area contributed by atoms with Crippen molar-refractivity contribution in [3.05, 3.63) is 70.5 Å². The van der Waals surface area contributed by atoms with Crippen molar-refractivity contribution >= 4 is 28.4 Å². The quantitative estimate of drug-likeness (QED) is 0.387. The predicted octanol–water partition coefficient (Wildman–Crippen LogP) is 4.32. The molecule has 7 heteroatoms. The largest absolute Gasteiger partial charge is 0.461 e. The fraction of sp³-hybridized carbons (Fsp3) is 0.346.